The predicted molar refractivity (Wildman–Crippen MR) is 82.6 cm³/mol. The molecule has 0 aromatic heterocycles. The predicted octanol–water partition coefficient (Wildman–Crippen LogP) is 4.81. The number of amides is 1. The first-order chi connectivity index (χ1) is 9.11. The van der Waals surface area contributed by atoms with Crippen molar-refractivity contribution < 1.29 is 4.79 Å². The molecule has 2 aromatic carbocycles. The molecule has 0 aliphatic rings. The van der Waals surface area contributed by atoms with Gasteiger partial charge in [0, 0.05) is 11.1 Å². The van der Waals surface area contributed by atoms with Crippen LogP contribution in [0.4, 0.5) is 11.4 Å². The summed E-state index contributed by atoms with van der Waals surface area (Å²) in [5.41, 5.74) is 2.13. The van der Waals surface area contributed by atoms with Crippen LogP contribution < -0.4 is 5.32 Å². The lowest BCUT2D eigenvalue weighted by Gasteiger charge is -2.07. The highest BCUT2D eigenvalue weighted by Gasteiger charge is 2.16. The van der Waals surface area contributed by atoms with Crippen molar-refractivity contribution in [1.82, 2.24) is 0 Å². The van der Waals surface area contributed by atoms with Gasteiger partial charge in [-0.1, -0.05) is 29.8 Å². The lowest BCUT2D eigenvalue weighted by molar-refractivity contribution is 0.102. The summed E-state index contributed by atoms with van der Waals surface area (Å²) in [5, 5.41) is 11.8. The van der Waals surface area contributed by atoms with Crippen LogP contribution in [0.1, 0.15) is 15.9 Å². The van der Waals surface area contributed by atoms with Crippen LogP contribution in [0.2, 0.25) is 5.02 Å². The fourth-order valence-electron chi connectivity index (χ4n) is 1.66. The number of benzene rings is 2. The minimum atomic E-state index is -0.240. The molecule has 20 heavy (non-hydrogen) atoms. The molecule has 0 saturated heterocycles. The van der Waals surface area contributed by atoms with Gasteiger partial charge in [-0.15, -0.1) is 12.4 Å². The molecule has 0 aliphatic carbocycles. The fraction of sp³-hybridized carbons (Fsp3) is 0.0714. The molecule has 0 atom stereocenters. The zero-order valence-corrected chi connectivity index (χ0v) is 12.2. The average molecular weight is 309 g/mol. The van der Waals surface area contributed by atoms with Crippen LogP contribution in [0.5, 0.6) is 0 Å². The van der Waals surface area contributed by atoms with Crippen molar-refractivity contribution in [3.63, 3.8) is 0 Å². The van der Waals surface area contributed by atoms with Gasteiger partial charge < -0.3 is 5.32 Å². The van der Waals surface area contributed by atoms with Gasteiger partial charge in [-0.05, 0) is 25.1 Å². The molecule has 0 unspecified atom stereocenters. The number of aryl methyl sites for hydroxylation is 1. The number of hydrogen-bond acceptors (Lipinski definition) is 2. The third-order valence-corrected chi connectivity index (χ3v) is 2.99. The van der Waals surface area contributed by atoms with Gasteiger partial charge in [0.15, 0.2) is 4.98 Å². The highest BCUT2D eigenvalue weighted by atomic mass is 35.5. The largest absolute Gasteiger partial charge is 0.389 e. The quantitative estimate of drug-likeness (QED) is 0.809. The Morgan fingerprint density at radius 1 is 1.25 bits per heavy atom. The third kappa shape index (κ3) is 3.47. The molecular formula is C14H12Cl2N3O+. The molecule has 4 nitrogen and oxygen atoms in total. The highest BCUT2D eigenvalue weighted by molar-refractivity contribution is 6.34. The van der Waals surface area contributed by atoms with E-state index in [0.29, 0.717) is 22.0 Å². The minimum Gasteiger partial charge on any atom is -0.321 e. The van der Waals surface area contributed by atoms with Crippen LogP contribution in [0.15, 0.2) is 42.5 Å². The summed E-state index contributed by atoms with van der Waals surface area (Å²) < 4.78 is 0. The first kappa shape index (κ1) is 16.0. The molecule has 1 amide bonds. The second kappa shape index (κ2) is 6.90. The van der Waals surface area contributed by atoms with Gasteiger partial charge in [0.05, 0.1) is 16.8 Å². The van der Waals surface area contributed by atoms with Crippen LogP contribution in [0.3, 0.4) is 0 Å². The second-order valence-corrected chi connectivity index (χ2v) is 4.45. The van der Waals surface area contributed by atoms with E-state index >= 15 is 0 Å². The minimum absolute atomic E-state index is 0. The number of halogens is 2. The topological polar surface area (TPSA) is 57.2 Å². The maximum Gasteiger partial charge on any atom is 0.389 e. The van der Waals surface area contributed by atoms with E-state index in [-0.39, 0.29) is 18.3 Å². The Kier molecular flexibility index (Phi) is 5.51. The van der Waals surface area contributed by atoms with Crippen molar-refractivity contribution in [2.75, 3.05) is 5.32 Å². The zero-order chi connectivity index (χ0) is 13.8. The molecule has 2 rings (SSSR count). The number of carbonyl (C=O) groups excluding carboxylic acids is 1. The SMILES string of the molecule is Cc1cc(NC(=O)c2ccccc2)c(Cl)cc1[N+]#N.Cl. The van der Waals surface area contributed by atoms with Crippen LogP contribution in [0, 0.1) is 12.3 Å². The summed E-state index contributed by atoms with van der Waals surface area (Å²) >= 11 is 6.03. The van der Waals surface area contributed by atoms with E-state index in [2.05, 4.69) is 10.3 Å². The summed E-state index contributed by atoms with van der Waals surface area (Å²) in [6, 6.07) is 12.0. The second-order valence-electron chi connectivity index (χ2n) is 4.04. The average Bonchev–Trinajstić information content (AvgIpc) is 2.43. The lowest BCUT2D eigenvalue weighted by atomic mass is 10.1. The van der Waals surface area contributed by atoms with Gasteiger partial charge in [0.2, 0.25) is 5.39 Å². The molecule has 0 heterocycles. The number of rotatable bonds is 2. The zero-order valence-electron chi connectivity index (χ0n) is 10.6. The summed E-state index contributed by atoms with van der Waals surface area (Å²) in [6.07, 6.45) is 0. The standard InChI is InChI=1S/C14H10ClN3O.ClH/c1-9-7-13(11(15)8-12(9)18-16)17-14(19)10-5-3-2-4-6-10;/h2-8H,1H3;1H/p+1. The van der Waals surface area contributed by atoms with Crippen LogP contribution in [-0.4, -0.2) is 5.91 Å². The van der Waals surface area contributed by atoms with Gasteiger partial charge in [-0.25, -0.2) is 0 Å². The number of nitrogens with one attached hydrogen (secondary N) is 1. The smallest absolute Gasteiger partial charge is 0.321 e. The highest BCUT2D eigenvalue weighted by Crippen LogP contribution is 2.30. The van der Waals surface area contributed by atoms with Crippen molar-refractivity contribution in [3.05, 3.63) is 63.6 Å². The normalized spacial score (nSPS) is 9.25. The molecule has 102 valence electrons. The van der Waals surface area contributed by atoms with E-state index in [1.807, 2.05) is 6.07 Å². The number of diazo groups is 1. The van der Waals surface area contributed by atoms with E-state index in [9.17, 15) is 4.79 Å². The van der Waals surface area contributed by atoms with Crippen molar-refractivity contribution in [2.45, 2.75) is 6.92 Å². The summed E-state index contributed by atoms with van der Waals surface area (Å²) in [6.45, 7) is 1.77. The van der Waals surface area contributed by atoms with Gasteiger partial charge in [0.1, 0.15) is 0 Å². The monoisotopic (exact) mass is 308 g/mol. The fourth-order valence-corrected chi connectivity index (χ4v) is 1.86. The van der Waals surface area contributed by atoms with Gasteiger partial charge in [0.25, 0.3) is 5.91 Å². The molecule has 2 aromatic rings. The summed E-state index contributed by atoms with van der Waals surface area (Å²) in [5.74, 6) is -0.240. The van der Waals surface area contributed by atoms with Crippen molar-refractivity contribution in [2.24, 2.45) is 0 Å². The van der Waals surface area contributed by atoms with Gasteiger partial charge in [-0.2, -0.15) is 0 Å². The number of hydrogen-bond donors (Lipinski definition) is 1. The first-order valence-corrected chi connectivity index (χ1v) is 6.01. The van der Waals surface area contributed by atoms with Crippen molar-refractivity contribution in [1.29, 1.82) is 5.39 Å². The number of anilines is 1. The molecule has 6 heteroatoms. The summed E-state index contributed by atoms with van der Waals surface area (Å²) in [7, 11) is 0. The first-order valence-electron chi connectivity index (χ1n) is 5.63. The molecule has 0 radical (unpaired) electrons. The number of carbonyl (C=O) groups is 1. The Morgan fingerprint density at radius 2 is 1.90 bits per heavy atom. The lowest BCUT2D eigenvalue weighted by Crippen LogP contribution is -2.12. The van der Waals surface area contributed by atoms with Crippen LogP contribution >= 0.6 is 24.0 Å². The van der Waals surface area contributed by atoms with Gasteiger partial charge >= 0.3 is 5.69 Å². The third-order valence-electron chi connectivity index (χ3n) is 2.68. The Morgan fingerprint density at radius 3 is 2.50 bits per heavy atom. The molecule has 0 saturated carbocycles. The van der Waals surface area contributed by atoms with E-state index in [1.54, 1.807) is 37.3 Å². The van der Waals surface area contributed by atoms with Gasteiger partial charge in [-0.3, -0.25) is 4.79 Å². The van der Waals surface area contributed by atoms with Crippen molar-refractivity contribution in [3.8, 4) is 0 Å². The Labute approximate surface area is 127 Å². The maximum absolute atomic E-state index is 12.0. The molecule has 0 bridgehead atoms. The molecule has 0 spiro atoms. The molecular weight excluding hydrogens is 297 g/mol. The number of nitrogens with zero attached hydrogens (tertiary/aromatic N) is 2. The Hall–Kier alpha value is -2.09. The van der Waals surface area contributed by atoms with E-state index in [4.69, 9.17) is 17.0 Å². The van der Waals surface area contributed by atoms with E-state index < -0.39 is 0 Å². The van der Waals surface area contributed by atoms with Crippen LogP contribution in [-0.2, 0) is 0 Å². The summed E-state index contributed by atoms with van der Waals surface area (Å²) in [4.78, 5) is 15.1. The van der Waals surface area contributed by atoms with E-state index in [0.717, 1.165) is 5.56 Å². The van der Waals surface area contributed by atoms with Crippen molar-refractivity contribution >= 4 is 41.3 Å². The van der Waals surface area contributed by atoms with E-state index in [1.165, 1.54) is 6.07 Å². The molecule has 0 aliphatic heterocycles. The Bertz CT molecular complexity index is 666. The Balaban J connectivity index is 0.00000200. The molecule has 0 fully saturated rings. The van der Waals surface area contributed by atoms with Crippen LogP contribution in [0.25, 0.3) is 4.98 Å². The maximum atomic E-state index is 12.0. The molecule has 1 N–H and O–H groups in total.